The summed E-state index contributed by atoms with van der Waals surface area (Å²) in [4.78, 5) is 11.7. The summed E-state index contributed by atoms with van der Waals surface area (Å²) >= 11 is 0. The average Bonchev–Trinajstić information content (AvgIpc) is 2.74. The first-order valence-electron chi connectivity index (χ1n) is 4.85. The van der Waals surface area contributed by atoms with Crippen LogP contribution in [-0.2, 0) is 9.53 Å². The summed E-state index contributed by atoms with van der Waals surface area (Å²) in [7, 11) is 1.66. The molecule has 0 aromatic rings. The molecule has 2 aliphatic carbocycles. The highest BCUT2D eigenvalue weighted by molar-refractivity contribution is 6.00. The Hall–Kier alpha value is -1.15. The molecule has 0 N–H and O–H groups in total. The number of methoxy groups -OCH3 is 1. The molecular formula is C12H14O2. The SMILES string of the molecule is COC1CC(=O)C(C2C=CC=C2)=C1C. The Labute approximate surface area is 83.9 Å². The molecular weight excluding hydrogens is 176 g/mol. The standard InChI is InChI=1S/C12H14O2/c1-8-11(14-2)7-10(13)12(8)9-5-3-4-6-9/h3-6,9,11H,7H2,1-2H3. The Kier molecular flexibility index (Phi) is 2.38. The molecule has 2 heteroatoms. The number of ether oxygens (including phenoxy) is 1. The van der Waals surface area contributed by atoms with E-state index in [9.17, 15) is 4.79 Å². The van der Waals surface area contributed by atoms with Crippen LogP contribution in [-0.4, -0.2) is 19.0 Å². The summed E-state index contributed by atoms with van der Waals surface area (Å²) in [6.45, 7) is 1.99. The van der Waals surface area contributed by atoms with Crippen molar-refractivity contribution in [3.8, 4) is 0 Å². The fraction of sp³-hybridized carbons (Fsp3) is 0.417. The number of hydrogen-bond acceptors (Lipinski definition) is 2. The molecule has 14 heavy (non-hydrogen) atoms. The summed E-state index contributed by atoms with van der Waals surface area (Å²) in [5.74, 6) is 0.415. The van der Waals surface area contributed by atoms with Gasteiger partial charge in [0.15, 0.2) is 5.78 Å². The summed E-state index contributed by atoms with van der Waals surface area (Å²) in [5.41, 5.74) is 2.03. The van der Waals surface area contributed by atoms with Crippen molar-refractivity contribution in [2.45, 2.75) is 19.4 Å². The van der Waals surface area contributed by atoms with Gasteiger partial charge in [-0.25, -0.2) is 0 Å². The van der Waals surface area contributed by atoms with Crippen LogP contribution >= 0.6 is 0 Å². The molecule has 0 aliphatic heterocycles. The molecule has 0 amide bonds. The topological polar surface area (TPSA) is 26.3 Å². The Balaban J connectivity index is 2.31. The summed E-state index contributed by atoms with van der Waals surface area (Å²) in [6.07, 6.45) is 8.58. The molecule has 2 rings (SSSR count). The van der Waals surface area contributed by atoms with Crippen molar-refractivity contribution < 1.29 is 9.53 Å². The molecule has 2 aliphatic rings. The number of ketones is 1. The third-order valence-corrected chi connectivity index (χ3v) is 2.94. The van der Waals surface area contributed by atoms with Gasteiger partial charge in [0.05, 0.1) is 6.10 Å². The van der Waals surface area contributed by atoms with Gasteiger partial charge in [-0.15, -0.1) is 0 Å². The third-order valence-electron chi connectivity index (χ3n) is 2.94. The number of allylic oxidation sites excluding steroid dienone is 5. The zero-order valence-corrected chi connectivity index (χ0v) is 8.49. The summed E-state index contributed by atoms with van der Waals surface area (Å²) in [6, 6.07) is 0. The van der Waals surface area contributed by atoms with Gasteiger partial charge in [0.2, 0.25) is 0 Å². The molecule has 0 bridgehead atoms. The average molecular weight is 190 g/mol. The van der Waals surface area contributed by atoms with E-state index in [-0.39, 0.29) is 17.8 Å². The van der Waals surface area contributed by atoms with Crippen LogP contribution in [0.2, 0.25) is 0 Å². The lowest BCUT2D eigenvalue weighted by Crippen LogP contribution is -2.08. The minimum absolute atomic E-state index is 0.0000926. The van der Waals surface area contributed by atoms with E-state index in [1.807, 2.05) is 19.1 Å². The first-order valence-corrected chi connectivity index (χ1v) is 4.85. The van der Waals surface area contributed by atoms with E-state index < -0.39 is 0 Å². The Morgan fingerprint density at radius 2 is 2.00 bits per heavy atom. The van der Waals surface area contributed by atoms with E-state index in [0.29, 0.717) is 6.42 Å². The van der Waals surface area contributed by atoms with Gasteiger partial charge in [0.1, 0.15) is 0 Å². The number of carbonyl (C=O) groups excluding carboxylic acids is 1. The maximum Gasteiger partial charge on any atom is 0.162 e. The molecule has 1 unspecified atom stereocenters. The second-order valence-electron chi connectivity index (χ2n) is 3.74. The monoisotopic (exact) mass is 190 g/mol. The molecule has 0 aromatic carbocycles. The van der Waals surface area contributed by atoms with Crippen molar-refractivity contribution >= 4 is 5.78 Å². The van der Waals surface area contributed by atoms with Crippen LogP contribution < -0.4 is 0 Å². The summed E-state index contributed by atoms with van der Waals surface area (Å²) < 4.78 is 5.26. The van der Waals surface area contributed by atoms with E-state index >= 15 is 0 Å². The van der Waals surface area contributed by atoms with Crippen molar-refractivity contribution in [2.24, 2.45) is 5.92 Å². The highest BCUT2D eigenvalue weighted by Crippen LogP contribution is 2.33. The molecule has 0 fully saturated rings. The van der Waals surface area contributed by atoms with Gasteiger partial charge in [0.25, 0.3) is 0 Å². The fourth-order valence-electron chi connectivity index (χ4n) is 2.16. The maximum atomic E-state index is 11.7. The van der Waals surface area contributed by atoms with Crippen LogP contribution in [0.25, 0.3) is 0 Å². The summed E-state index contributed by atoms with van der Waals surface area (Å²) in [5, 5.41) is 0. The van der Waals surface area contributed by atoms with Crippen LogP contribution in [0.4, 0.5) is 0 Å². The predicted molar refractivity (Wildman–Crippen MR) is 54.9 cm³/mol. The lowest BCUT2D eigenvalue weighted by molar-refractivity contribution is -0.116. The fourth-order valence-corrected chi connectivity index (χ4v) is 2.16. The zero-order valence-electron chi connectivity index (χ0n) is 8.49. The molecule has 74 valence electrons. The first kappa shape index (κ1) is 9.41. The lowest BCUT2D eigenvalue weighted by Gasteiger charge is -2.09. The highest BCUT2D eigenvalue weighted by Gasteiger charge is 2.32. The molecule has 1 atom stereocenters. The minimum atomic E-state index is -0.0000926. The van der Waals surface area contributed by atoms with Crippen LogP contribution in [0.3, 0.4) is 0 Å². The number of rotatable bonds is 2. The molecule has 0 saturated heterocycles. The van der Waals surface area contributed by atoms with Gasteiger partial charge >= 0.3 is 0 Å². The molecule has 0 heterocycles. The normalized spacial score (nSPS) is 27.0. The minimum Gasteiger partial charge on any atom is -0.377 e. The van der Waals surface area contributed by atoms with Gasteiger partial charge in [-0.05, 0) is 12.5 Å². The number of hydrogen-bond donors (Lipinski definition) is 0. The highest BCUT2D eigenvalue weighted by atomic mass is 16.5. The van der Waals surface area contributed by atoms with E-state index in [0.717, 1.165) is 11.1 Å². The molecule has 0 radical (unpaired) electrons. The Morgan fingerprint density at radius 3 is 2.50 bits per heavy atom. The van der Waals surface area contributed by atoms with Gasteiger partial charge < -0.3 is 4.74 Å². The third kappa shape index (κ3) is 1.36. The van der Waals surface area contributed by atoms with Crippen molar-refractivity contribution in [3.05, 3.63) is 35.5 Å². The number of carbonyl (C=O) groups is 1. The molecule has 2 nitrogen and oxygen atoms in total. The van der Waals surface area contributed by atoms with E-state index in [1.54, 1.807) is 7.11 Å². The molecule has 0 aromatic heterocycles. The molecule has 0 saturated carbocycles. The first-order chi connectivity index (χ1) is 6.74. The van der Waals surface area contributed by atoms with Gasteiger partial charge in [-0.3, -0.25) is 4.79 Å². The van der Waals surface area contributed by atoms with Gasteiger partial charge in [-0.1, -0.05) is 24.3 Å². The second-order valence-corrected chi connectivity index (χ2v) is 3.74. The van der Waals surface area contributed by atoms with Crippen LogP contribution in [0.15, 0.2) is 35.5 Å². The second kappa shape index (κ2) is 3.54. The predicted octanol–water partition coefficient (Wildman–Crippen LogP) is 2.03. The van der Waals surface area contributed by atoms with Crippen molar-refractivity contribution in [1.82, 2.24) is 0 Å². The van der Waals surface area contributed by atoms with Gasteiger partial charge in [-0.2, -0.15) is 0 Å². The lowest BCUT2D eigenvalue weighted by atomic mass is 9.97. The maximum absolute atomic E-state index is 11.7. The number of Topliss-reactive ketones (excluding diaryl/α,β-unsaturated/α-hetero) is 1. The van der Waals surface area contributed by atoms with Gasteiger partial charge in [0, 0.05) is 25.0 Å². The Morgan fingerprint density at radius 1 is 1.36 bits per heavy atom. The largest absolute Gasteiger partial charge is 0.377 e. The van der Waals surface area contributed by atoms with Crippen molar-refractivity contribution in [2.75, 3.05) is 7.11 Å². The van der Waals surface area contributed by atoms with E-state index in [2.05, 4.69) is 12.2 Å². The quantitative estimate of drug-likeness (QED) is 0.666. The van der Waals surface area contributed by atoms with E-state index in [4.69, 9.17) is 4.74 Å². The van der Waals surface area contributed by atoms with E-state index in [1.165, 1.54) is 0 Å². The van der Waals surface area contributed by atoms with Crippen molar-refractivity contribution in [3.63, 3.8) is 0 Å². The van der Waals surface area contributed by atoms with Crippen molar-refractivity contribution in [1.29, 1.82) is 0 Å². The molecule has 0 spiro atoms. The smallest absolute Gasteiger partial charge is 0.162 e. The zero-order chi connectivity index (χ0) is 10.1. The van der Waals surface area contributed by atoms with Crippen LogP contribution in [0.1, 0.15) is 13.3 Å². The van der Waals surface area contributed by atoms with Crippen LogP contribution in [0.5, 0.6) is 0 Å². The Bertz CT molecular complexity index is 335. The van der Waals surface area contributed by atoms with Crippen LogP contribution in [0, 0.1) is 5.92 Å².